The first kappa shape index (κ1) is 16.7. The van der Waals surface area contributed by atoms with Gasteiger partial charge in [0.2, 0.25) is 0 Å². The average Bonchev–Trinajstić information content (AvgIpc) is 3.12. The molecule has 1 aliphatic heterocycles. The number of nitrogen functional groups attached to an aromatic ring is 1. The molecule has 0 unspecified atom stereocenters. The number of aromatic nitrogens is 2. The van der Waals surface area contributed by atoms with Crippen LogP contribution in [0.25, 0.3) is 21.6 Å². The van der Waals surface area contributed by atoms with Crippen LogP contribution in [0.3, 0.4) is 0 Å². The van der Waals surface area contributed by atoms with Gasteiger partial charge in [0.05, 0.1) is 18.6 Å². The second-order valence-corrected chi connectivity index (χ2v) is 6.13. The third-order valence-corrected chi connectivity index (χ3v) is 4.59. The van der Waals surface area contributed by atoms with Crippen LogP contribution in [0.5, 0.6) is 0 Å². The largest absolute Gasteiger partial charge is 0.399 e. The first-order valence-corrected chi connectivity index (χ1v) is 9.13. The molecular formula is C18H22N4OS. The Kier molecular flexibility index (Phi) is 5.27. The lowest BCUT2D eigenvalue weighted by atomic mass is 10.2. The fourth-order valence-corrected chi connectivity index (χ4v) is 3.38. The molecule has 0 radical (unpaired) electrons. The molecule has 24 heavy (non-hydrogen) atoms. The van der Waals surface area contributed by atoms with Crippen molar-refractivity contribution < 1.29 is 4.74 Å². The van der Waals surface area contributed by atoms with Crippen LogP contribution in [-0.4, -0.2) is 36.3 Å². The third-order valence-electron chi connectivity index (χ3n) is 3.78. The molecule has 126 valence electrons. The lowest BCUT2D eigenvalue weighted by molar-refractivity contribution is 0.122. The molecule has 4 rings (SSSR count). The molecule has 3 aromatic rings. The Morgan fingerprint density at radius 1 is 1.04 bits per heavy atom. The van der Waals surface area contributed by atoms with Gasteiger partial charge in [-0.05, 0) is 35.7 Å². The number of nitrogens with two attached hydrogens (primary N) is 1. The fraction of sp³-hybridized carbons (Fsp3) is 0.333. The van der Waals surface area contributed by atoms with Crippen molar-refractivity contribution in [3.05, 3.63) is 35.7 Å². The van der Waals surface area contributed by atoms with Crippen LogP contribution in [0.15, 0.2) is 35.7 Å². The molecule has 2 aromatic heterocycles. The summed E-state index contributed by atoms with van der Waals surface area (Å²) in [6.07, 6.45) is 0. The summed E-state index contributed by atoms with van der Waals surface area (Å²) >= 11 is 1.64. The quantitative estimate of drug-likeness (QED) is 0.718. The molecule has 1 aliphatic rings. The van der Waals surface area contributed by atoms with Gasteiger partial charge in [-0.25, -0.2) is 9.97 Å². The summed E-state index contributed by atoms with van der Waals surface area (Å²) < 4.78 is 5.45. The Balaban J connectivity index is 0.000000815. The van der Waals surface area contributed by atoms with Crippen LogP contribution in [0, 0.1) is 0 Å². The molecular weight excluding hydrogens is 320 g/mol. The van der Waals surface area contributed by atoms with Gasteiger partial charge in [0.15, 0.2) is 5.82 Å². The summed E-state index contributed by atoms with van der Waals surface area (Å²) in [7, 11) is 0. The number of nitrogens with zero attached hydrogens (tertiary/aromatic N) is 3. The van der Waals surface area contributed by atoms with Crippen LogP contribution in [0.2, 0.25) is 0 Å². The minimum atomic E-state index is 0.743. The van der Waals surface area contributed by atoms with Crippen molar-refractivity contribution in [2.24, 2.45) is 0 Å². The average molecular weight is 342 g/mol. The second-order valence-electron chi connectivity index (χ2n) is 5.23. The number of fused-ring (bicyclic) bond motifs is 1. The number of morpholine rings is 1. The molecule has 1 aromatic carbocycles. The lowest BCUT2D eigenvalue weighted by Gasteiger charge is -2.28. The van der Waals surface area contributed by atoms with E-state index in [2.05, 4.69) is 16.3 Å². The highest BCUT2D eigenvalue weighted by Gasteiger charge is 2.18. The zero-order chi connectivity index (χ0) is 16.9. The summed E-state index contributed by atoms with van der Waals surface area (Å²) in [6, 6.07) is 9.79. The summed E-state index contributed by atoms with van der Waals surface area (Å²) in [6.45, 7) is 7.21. The van der Waals surface area contributed by atoms with Crippen LogP contribution in [0.1, 0.15) is 13.8 Å². The third kappa shape index (κ3) is 3.34. The molecule has 3 heterocycles. The molecule has 0 saturated carbocycles. The highest BCUT2D eigenvalue weighted by Crippen LogP contribution is 2.31. The van der Waals surface area contributed by atoms with Gasteiger partial charge in [-0.15, -0.1) is 11.3 Å². The Hall–Kier alpha value is -2.18. The Labute approximate surface area is 146 Å². The molecule has 0 atom stereocenters. The van der Waals surface area contributed by atoms with E-state index in [0.29, 0.717) is 0 Å². The summed E-state index contributed by atoms with van der Waals surface area (Å²) in [5, 5.41) is 3.18. The molecule has 0 bridgehead atoms. The number of ether oxygens (including phenoxy) is 1. The molecule has 1 fully saturated rings. The highest BCUT2D eigenvalue weighted by molar-refractivity contribution is 7.16. The van der Waals surface area contributed by atoms with E-state index < -0.39 is 0 Å². The number of hydrogen-bond donors (Lipinski definition) is 1. The minimum Gasteiger partial charge on any atom is -0.399 e. The van der Waals surface area contributed by atoms with Crippen LogP contribution in [0.4, 0.5) is 11.5 Å². The van der Waals surface area contributed by atoms with Crippen molar-refractivity contribution in [1.29, 1.82) is 0 Å². The molecule has 5 nitrogen and oxygen atoms in total. The van der Waals surface area contributed by atoms with Gasteiger partial charge in [0, 0.05) is 24.3 Å². The van der Waals surface area contributed by atoms with E-state index in [0.717, 1.165) is 59.4 Å². The molecule has 2 N–H and O–H groups in total. The van der Waals surface area contributed by atoms with E-state index in [-0.39, 0.29) is 0 Å². The maximum atomic E-state index is 5.76. The van der Waals surface area contributed by atoms with Gasteiger partial charge >= 0.3 is 0 Å². The number of benzene rings is 1. The predicted octanol–water partition coefficient (Wildman–Crippen LogP) is 3.80. The van der Waals surface area contributed by atoms with E-state index in [1.54, 1.807) is 11.3 Å². The molecule has 6 heteroatoms. The number of anilines is 2. The van der Waals surface area contributed by atoms with E-state index >= 15 is 0 Å². The van der Waals surface area contributed by atoms with Gasteiger partial charge < -0.3 is 15.4 Å². The first-order chi connectivity index (χ1) is 11.8. The van der Waals surface area contributed by atoms with Gasteiger partial charge in [-0.3, -0.25) is 0 Å². The standard InChI is InChI=1S/C16H16N4OS.C2H6/c17-12-3-1-11(2-4-12)14-18-15(20-6-8-21-9-7-20)13-5-10-22-16(13)19-14;1-2/h1-5,10H,6-9,17H2;1-2H3. The highest BCUT2D eigenvalue weighted by atomic mass is 32.1. The maximum absolute atomic E-state index is 5.76. The number of rotatable bonds is 2. The van der Waals surface area contributed by atoms with E-state index in [4.69, 9.17) is 20.4 Å². The normalized spacial score (nSPS) is 14.3. The topological polar surface area (TPSA) is 64.3 Å². The van der Waals surface area contributed by atoms with Crippen molar-refractivity contribution in [3.8, 4) is 11.4 Å². The predicted molar refractivity (Wildman–Crippen MR) is 102 cm³/mol. The van der Waals surface area contributed by atoms with Crippen molar-refractivity contribution in [1.82, 2.24) is 9.97 Å². The van der Waals surface area contributed by atoms with Crippen LogP contribution in [-0.2, 0) is 4.74 Å². The zero-order valence-corrected chi connectivity index (χ0v) is 14.8. The van der Waals surface area contributed by atoms with Gasteiger partial charge in [-0.2, -0.15) is 0 Å². The Bertz CT molecular complexity index is 794. The molecule has 0 aliphatic carbocycles. The van der Waals surface area contributed by atoms with E-state index in [9.17, 15) is 0 Å². The zero-order valence-electron chi connectivity index (χ0n) is 14.0. The van der Waals surface area contributed by atoms with Crippen molar-refractivity contribution in [2.45, 2.75) is 13.8 Å². The first-order valence-electron chi connectivity index (χ1n) is 8.25. The monoisotopic (exact) mass is 342 g/mol. The summed E-state index contributed by atoms with van der Waals surface area (Å²) in [5.41, 5.74) is 7.49. The lowest BCUT2D eigenvalue weighted by Crippen LogP contribution is -2.37. The Morgan fingerprint density at radius 3 is 2.46 bits per heavy atom. The van der Waals surface area contributed by atoms with E-state index in [1.807, 2.05) is 38.1 Å². The number of thiophene rings is 1. The summed E-state index contributed by atoms with van der Waals surface area (Å²) in [4.78, 5) is 12.8. The van der Waals surface area contributed by atoms with Crippen molar-refractivity contribution in [3.63, 3.8) is 0 Å². The van der Waals surface area contributed by atoms with Crippen LogP contribution < -0.4 is 10.6 Å². The van der Waals surface area contributed by atoms with Gasteiger partial charge in [0.1, 0.15) is 10.6 Å². The fourth-order valence-electron chi connectivity index (χ4n) is 2.62. The van der Waals surface area contributed by atoms with Crippen LogP contribution >= 0.6 is 11.3 Å². The number of hydrogen-bond acceptors (Lipinski definition) is 6. The molecule has 1 saturated heterocycles. The minimum absolute atomic E-state index is 0.743. The van der Waals surface area contributed by atoms with Gasteiger partial charge in [-0.1, -0.05) is 13.8 Å². The van der Waals surface area contributed by atoms with E-state index in [1.165, 1.54) is 0 Å². The van der Waals surface area contributed by atoms with Gasteiger partial charge in [0.25, 0.3) is 0 Å². The van der Waals surface area contributed by atoms with Crippen molar-refractivity contribution >= 4 is 33.1 Å². The Morgan fingerprint density at radius 2 is 1.75 bits per heavy atom. The smallest absolute Gasteiger partial charge is 0.163 e. The molecule has 0 amide bonds. The second kappa shape index (κ2) is 7.59. The summed E-state index contributed by atoms with van der Waals surface area (Å²) in [5.74, 6) is 1.75. The molecule has 0 spiro atoms. The SMILES string of the molecule is CC.Nc1ccc(-c2nc(N3CCOCC3)c3ccsc3n2)cc1. The van der Waals surface area contributed by atoms with Crippen molar-refractivity contribution in [2.75, 3.05) is 36.9 Å². The maximum Gasteiger partial charge on any atom is 0.163 e.